The third kappa shape index (κ3) is 5.00. The lowest BCUT2D eigenvalue weighted by atomic mass is 10.2. The Bertz CT molecular complexity index is 354. The van der Waals surface area contributed by atoms with Gasteiger partial charge in [0.2, 0.25) is 0 Å². The number of hydrogen-bond donors (Lipinski definition) is 2. The van der Waals surface area contributed by atoms with Crippen LogP contribution in [0.3, 0.4) is 0 Å². The van der Waals surface area contributed by atoms with Crippen molar-refractivity contribution in [2.24, 2.45) is 0 Å². The summed E-state index contributed by atoms with van der Waals surface area (Å²) in [6.45, 7) is 0.259. The zero-order valence-corrected chi connectivity index (χ0v) is 9.35. The van der Waals surface area contributed by atoms with Crippen LogP contribution in [-0.4, -0.2) is 28.9 Å². The van der Waals surface area contributed by atoms with Crippen molar-refractivity contribution in [2.75, 3.05) is 6.61 Å². The van der Waals surface area contributed by atoms with Crippen LogP contribution in [0.1, 0.15) is 12.8 Å². The van der Waals surface area contributed by atoms with Crippen molar-refractivity contribution >= 4 is 17.6 Å². The minimum absolute atomic E-state index is 0.259. The first kappa shape index (κ1) is 12.8. The number of aliphatic hydroxyl groups is 1. The summed E-state index contributed by atoms with van der Waals surface area (Å²) < 4.78 is 5.30. The highest BCUT2D eigenvalue weighted by atomic mass is 35.5. The van der Waals surface area contributed by atoms with E-state index in [-0.39, 0.29) is 19.4 Å². The van der Waals surface area contributed by atoms with Gasteiger partial charge in [-0.25, -0.2) is 0 Å². The molecule has 0 saturated heterocycles. The number of aliphatic carboxylic acids is 1. The zero-order valence-electron chi connectivity index (χ0n) is 8.60. The number of benzene rings is 1. The summed E-state index contributed by atoms with van der Waals surface area (Å²) >= 11 is 5.75. The summed E-state index contributed by atoms with van der Waals surface area (Å²) in [6, 6.07) is 6.89. The van der Waals surface area contributed by atoms with E-state index in [0.29, 0.717) is 10.8 Å². The standard InChI is InChI=1S/C11H13ClO4/c12-8-2-1-3-10(6-8)16-5-4-9(13)7-11(14)15/h1-3,6,9,13H,4-5,7H2,(H,14,15). The van der Waals surface area contributed by atoms with E-state index < -0.39 is 12.1 Å². The third-order valence-corrected chi connectivity index (χ3v) is 2.16. The van der Waals surface area contributed by atoms with Gasteiger partial charge in [-0.2, -0.15) is 0 Å². The fourth-order valence-electron chi connectivity index (χ4n) is 1.17. The molecule has 0 bridgehead atoms. The topological polar surface area (TPSA) is 66.8 Å². The molecule has 0 aliphatic heterocycles. The number of halogens is 1. The van der Waals surface area contributed by atoms with E-state index in [0.717, 1.165) is 0 Å². The summed E-state index contributed by atoms with van der Waals surface area (Å²) in [5.41, 5.74) is 0. The van der Waals surface area contributed by atoms with E-state index >= 15 is 0 Å². The number of rotatable bonds is 6. The van der Waals surface area contributed by atoms with Crippen molar-refractivity contribution in [3.63, 3.8) is 0 Å². The van der Waals surface area contributed by atoms with Gasteiger partial charge in [-0.05, 0) is 18.2 Å². The van der Waals surface area contributed by atoms with Gasteiger partial charge in [0.1, 0.15) is 5.75 Å². The molecule has 0 spiro atoms. The lowest BCUT2D eigenvalue weighted by Gasteiger charge is -2.09. The molecule has 1 atom stereocenters. The van der Waals surface area contributed by atoms with Crippen LogP contribution in [0.2, 0.25) is 5.02 Å². The zero-order chi connectivity index (χ0) is 12.0. The highest BCUT2D eigenvalue weighted by molar-refractivity contribution is 6.30. The molecular weight excluding hydrogens is 232 g/mol. The number of hydrogen-bond acceptors (Lipinski definition) is 3. The van der Waals surface area contributed by atoms with Crippen LogP contribution in [-0.2, 0) is 4.79 Å². The van der Waals surface area contributed by atoms with E-state index in [9.17, 15) is 9.90 Å². The second kappa shape index (κ2) is 6.35. The SMILES string of the molecule is O=C(O)CC(O)CCOc1cccc(Cl)c1. The minimum Gasteiger partial charge on any atom is -0.493 e. The Labute approximate surface area is 98.4 Å². The fourth-order valence-corrected chi connectivity index (χ4v) is 1.35. The van der Waals surface area contributed by atoms with Crippen LogP contribution in [0.25, 0.3) is 0 Å². The first-order valence-electron chi connectivity index (χ1n) is 4.86. The lowest BCUT2D eigenvalue weighted by Crippen LogP contribution is -2.16. The summed E-state index contributed by atoms with van der Waals surface area (Å²) in [5.74, 6) is -0.412. The Morgan fingerprint density at radius 3 is 2.88 bits per heavy atom. The maximum atomic E-state index is 10.3. The monoisotopic (exact) mass is 244 g/mol. The Morgan fingerprint density at radius 1 is 1.50 bits per heavy atom. The van der Waals surface area contributed by atoms with Gasteiger partial charge < -0.3 is 14.9 Å². The van der Waals surface area contributed by atoms with Gasteiger partial charge in [0.25, 0.3) is 0 Å². The molecule has 2 N–H and O–H groups in total. The molecule has 5 heteroatoms. The second-order valence-corrected chi connectivity index (χ2v) is 3.78. The molecular formula is C11H13ClO4. The smallest absolute Gasteiger partial charge is 0.305 e. The molecule has 1 aromatic carbocycles. The molecule has 16 heavy (non-hydrogen) atoms. The Hall–Kier alpha value is -1.26. The van der Waals surface area contributed by atoms with E-state index in [4.69, 9.17) is 21.4 Å². The molecule has 1 unspecified atom stereocenters. The van der Waals surface area contributed by atoms with E-state index in [1.54, 1.807) is 24.3 Å². The van der Waals surface area contributed by atoms with Crippen molar-refractivity contribution in [3.05, 3.63) is 29.3 Å². The van der Waals surface area contributed by atoms with E-state index in [1.807, 2.05) is 0 Å². The van der Waals surface area contributed by atoms with Crippen LogP contribution >= 0.6 is 11.6 Å². The largest absolute Gasteiger partial charge is 0.493 e. The molecule has 1 rings (SSSR count). The van der Waals surface area contributed by atoms with Crippen LogP contribution in [0.15, 0.2) is 24.3 Å². The Morgan fingerprint density at radius 2 is 2.25 bits per heavy atom. The van der Waals surface area contributed by atoms with Crippen molar-refractivity contribution in [2.45, 2.75) is 18.9 Å². The molecule has 0 radical (unpaired) electrons. The van der Waals surface area contributed by atoms with Gasteiger partial charge in [-0.1, -0.05) is 17.7 Å². The van der Waals surface area contributed by atoms with Gasteiger partial charge in [-0.15, -0.1) is 0 Å². The summed E-state index contributed by atoms with van der Waals surface area (Å²) in [6.07, 6.45) is -0.866. The number of ether oxygens (including phenoxy) is 1. The molecule has 0 fully saturated rings. The maximum absolute atomic E-state index is 10.3. The van der Waals surface area contributed by atoms with Crippen LogP contribution < -0.4 is 4.74 Å². The third-order valence-electron chi connectivity index (χ3n) is 1.93. The summed E-state index contributed by atoms with van der Waals surface area (Å²) in [7, 11) is 0. The molecule has 0 aliphatic carbocycles. The minimum atomic E-state index is -1.02. The number of carboxylic acids is 1. The Balaban J connectivity index is 2.27. The summed E-state index contributed by atoms with van der Waals surface area (Å²) in [4.78, 5) is 10.3. The predicted octanol–water partition coefficient (Wildman–Crippen LogP) is 1.94. The molecule has 1 aromatic rings. The average molecular weight is 245 g/mol. The second-order valence-electron chi connectivity index (χ2n) is 3.35. The molecule has 88 valence electrons. The number of aliphatic hydroxyl groups excluding tert-OH is 1. The van der Waals surface area contributed by atoms with Gasteiger partial charge in [0, 0.05) is 11.4 Å². The highest BCUT2D eigenvalue weighted by Crippen LogP contribution is 2.17. The maximum Gasteiger partial charge on any atom is 0.305 e. The highest BCUT2D eigenvalue weighted by Gasteiger charge is 2.09. The van der Waals surface area contributed by atoms with Gasteiger partial charge in [0.05, 0.1) is 19.1 Å². The predicted molar refractivity (Wildman–Crippen MR) is 59.8 cm³/mol. The summed E-state index contributed by atoms with van der Waals surface area (Å²) in [5, 5.41) is 18.3. The van der Waals surface area contributed by atoms with Crippen molar-refractivity contribution < 1.29 is 19.7 Å². The molecule has 4 nitrogen and oxygen atoms in total. The van der Waals surface area contributed by atoms with Gasteiger partial charge >= 0.3 is 5.97 Å². The molecule has 0 aromatic heterocycles. The van der Waals surface area contributed by atoms with Crippen LogP contribution in [0, 0.1) is 0 Å². The molecule has 0 aliphatic rings. The quantitative estimate of drug-likeness (QED) is 0.803. The van der Waals surface area contributed by atoms with Crippen molar-refractivity contribution in [1.82, 2.24) is 0 Å². The van der Waals surface area contributed by atoms with E-state index in [2.05, 4.69) is 0 Å². The molecule has 0 heterocycles. The van der Waals surface area contributed by atoms with Crippen LogP contribution in [0.4, 0.5) is 0 Å². The Kier molecular flexibility index (Phi) is 5.08. The van der Waals surface area contributed by atoms with Gasteiger partial charge in [0.15, 0.2) is 0 Å². The number of carboxylic acid groups (broad SMARTS) is 1. The fraction of sp³-hybridized carbons (Fsp3) is 0.364. The number of carbonyl (C=O) groups is 1. The molecule has 0 amide bonds. The van der Waals surface area contributed by atoms with Crippen LogP contribution in [0.5, 0.6) is 5.75 Å². The van der Waals surface area contributed by atoms with Crippen molar-refractivity contribution in [1.29, 1.82) is 0 Å². The normalized spacial score (nSPS) is 12.1. The van der Waals surface area contributed by atoms with Gasteiger partial charge in [-0.3, -0.25) is 4.79 Å². The van der Waals surface area contributed by atoms with E-state index in [1.165, 1.54) is 0 Å². The average Bonchev–Trinajstić information content (AvgIpc) is 2.16. The lowest BCUT2D eigenvalue weighted by molar-refractivity contribution is -0.139. The van der Waals surface area contributed by atoms with Crippen molar-refractivity contribution in [3.8, 4) is 5.75 Å². The first-order valence-corrected chi connectivity index (χ1v) is 5.24. The molecule has 0 saturated carbocycles. The first-order chi connectivity index (χ1) is 7.58.